The van der Waals surface area contributed by atoms with Crippen LogP contribution in [0.25, 0.3) is 0 Å². The Morgan fingerprint density at radius 2 is 0.552 bits per heavy atom. The molecule has 0 atom stereocenters. The van der Waals surface area contributed by atoms with E-state index in [1.807, 2.05) is 0 Å². The molecule has 4 aromatic carbocycles. The molecule has 0 spiro atoms. The van der Waals surface area contributed by atoms with E-state index in [4.69, 9.17) is 30.3 Å². The maximum Gasteiger partial charge on any atom is 0.144 e. The van der Waals surface area contributed by atoms with Crippen LogP contribution in [-0.2, 0) is 11.2 Å². The summed E-state index contributed by atoms with van der Waals surface area (Å²) in [5, 5.41) is 5.55. The molecule has 0 saturated heterocycles. The van der Waals surface area contributed by atoms with Gasteiger partial charge in [-0.1, -0.05) is 72.8 Å². The van der Waals surface area contributed by atoms with Crippen LogP contribution in [0.1, 0.15) is 0 Å². The van der Waals surface area contributed by atoms with Gasteiger partial charge in [0, 0.05) is 0 Å². The van der Waals surface area contributed by atoms with Crippen molar-refractivity contribution in [2.45, 2.75) is 0 Å². The van der Waals surface area contributed by atoms with Gasteiger partial charge in [-0.3, -0.25) is 0 Å². The fourth-order valence-corrected chi connectivity index (χ4v) is 7.77. The van der Waals surface area contributed by atoms with E-state index in [0.717, 1.165) is 0 Å². The van der Waals surface area contributed by atoms with Crippen molar-refractivity contribution >= 4 is 58.8 Å². The normalized spacial score (nSPS) is 11.2. The van der Waals surface area contributed by atoms with Gasteiger partial charge in [0.25, 0.3) is 0 Å². The average molecular weight is 509 g/mol. The first-order valence-corrected chi connectivity index (χ1v) is 14.6. The Balaban J connectivity index is 0.000000552. The largest absolute Gasteiger partial charge is 0.144 e. The molecule has 0 aliphatic rings. The van der Waals surface area contributed by atoms with Gasteiger partial charge in [0.1, 0.15) is 28.5 Å². The van der Waals surface area contributed by atoms with Crippen molar-refractivity contribution in [2.75, 3.05) is 0 Å². The van der Waals surface area contributed by atoms with E-state index in [0.29, 0.717) is 0 Å². The van der Waals surface area contributed by atoms with Crippen molar-refractivity contribution in [1.82, 2.24) is 0 Å². The molecular formula is C24H20Cl3CuP. The molecule has 0 amide bonds. The molecule has 0 fully saturated rings. The van der Waals surface area contributed by atoms with Crippen LogP contribution < -0.4 is 21.2 Å². The van der Waals surface area contributed by atoms with Crippen molar-refractivity contribution < 1.29 is 11.2 Å². The van der Waals surface area contributed by atoms with Crippen LogP contribution in [0.5, 0.6) is 0 Å². The molecule has 5 heteroatoms. The number of benzene rings is 4. The van der Waals surface area contributed by atoms with E-state index >= 15 is 0 Å². The van der Waals surface area contributed by atoms with Crippen LogP contribution in [0, 0.1) is 0 Å². The minimum Gasteiger partial charge on any atom is -0.0620 e. The molecule has 4 aromatic rings. The topological polar surface area (TPSA) is 0 Å². The summed E-state index contributed by atoms with van der Waals surface area (Å²) in [6.45, 7) is 0. The minimum absolute atomic E-state index is 0.896. The molecule has 4 rings (SSSR count). The molecular weight excluding hydrogens is 489 g/mol. The number of hydrogen-bond acceptors (Lipinski definition) is 0. The van der Waals surface area contributed by atoms with Gasteiger partial charge in [-0.15, -0.1) is 0 Å². The molecule has 0 radical (unpaired) electrons. The molecule has 0 aliphatic heterocycles. The Kier molecular flexibility index (Phi) is 8.64. The summed E-state index contributed by atoms with van der Waals surface area (Å²) in [5.74, 6) is 0. The second-order valence-corrected chi connectivity index (χ2v) is 14.2. The molecule has 29 heavy (non-hydrogen) atoms. The summed E-state index contributed by atoms with van der Waals surface area (Å²) >= 11 is -0.896. The van der Waals surface area contributed by atoms with Crippen LogP contribution in [0.15, 0.2) is 121 Å². The minimum atomic E-state index is -1.91. The maximum absolute atomic E-state index is 4.83. The summed E-state index contributed by atoms with van der Waals surface area (Å²) in [7, 11) is 12.6. The van der Waals surface area contributed by atoms with Crippen LogP contribution in [0.3, 0.4) is 0 Å². The SMILES string of the molecule is [Cl][Cu-]([Cl])[Cl].c1ccc([P+](c2ccccc2)(c2ccccc2)c2ccccc2)cc1. The quantitative estimate of drug-likeness (QED) is 0.222. The van der Waals surface area contributed by atoms with Gasteiger partial charge in [0.05, 0.1) is 0 Å². The van der Waals surface area contributed by atoms with Gasteiger partial charge in [0.2, 0.25) is 0 Å². The van der Waals surface area contributed by atoms with Crippen molar-refractivity contribution in [3.63, 3.8) is 0 Å². The Bertz CT molecular complexity index is 815. The molecule has 0 unspecified atom stereocenters. The Morgan fingerprint density at radius 3 is 0.724 bits per heavy atom. The maximum atomic E-state index is 4.83. The number of halogens is 3. The van der Waals surface area contributed by atoms with Crippen LogP contribution >= 0.6 is 37.6 Å². The van der Waals surface area contributed by atoms with Crippen LogP contribution in [0.4, 0.5) is 0 Å². The smallest absolute Gasteiger partial charge is 0.0620 e. The second kappa shape index (κ2) is 11.2. The predicted octanol–water partition coefficient (Wildman–Crippen LogP) is 6.37. The fraction of sp³-hybridized carbons (Fsp3) is 0. The molecule has 0 saturated carbocycles. The third-order valence-corrected chi connectivity index (χ3v) is 8.86. The first kappa shape index (κ1) is 22.4. The summed E-state index contributed by atoms with van der Waals surface area (Å²) in [5.41, 5.74) is 0. The van der Waals surface area contributed by atoms with E-state index in [2.05, 4.69) is 121 Å². The summed E-state index contributed by atoms with van der Waals surface area (Å²) in [6.07, 6.45) is 0. The van der Waals surface area contributed by atoms with Crippen molar-refractivity contribution in [1.29, 1.82) is 0 Å². The fourth-order valence-electron chi connectivity index (χ4n) is 3.50. The van der Waals surface area contributed by atoms with Crippen molar-refractivity contribution in [2.24, 2.45) is 0 Å². The summed E-state index contributed by atoms with van der Waals surface area (Å²) in [6, 6.07) is 43.8. The van der Waals surface area contributed by atoms with Crippen molar-refractivity contribution in [3.8, 4) is 0 Å². The standard InChI is InChI=1S/C24H20P.3ClH.Cu/c1-5-13-21(14-6-1)25(22-15-7-2-8-16-22,23-17-9-3-10-18-23)24-19-11-4-12-20-24;;;;/h1-20H;3*1H;/q+1;;;;+2/p-3. The van der Waals surface area contributed by atoms with Gasteiger partial charge >= 0.3 is 41.5 Å². The zero-order valence-corrected chi connectivity index (χ0v) is 19.5. The first-order valence-electron chi connectivity index (χ1n) is 8.88. The predicted molar refractivity (Wildman–Crippen MR) is 129 cm³/mol. The average Bonchev–Trinajstić information content (AvgIpc) is 2.77. The van der Waals surface area contributed by atoms with E-state index < -0.39 is 18.4 Å². The van der Waals surface area contributed by atoms with Gasteiger partial charge in [-0.2, -0.15) is 0 Å². The molecule has 0 heterocycles. The van der Waals surface area contributed by atoms with E-state index in [1.54, 1.807) is 0 Å². The molecule has 0 N–H and O–H groups in total. The number of rotatable bonds is 4. The molecule has 0 aromatic heterocycles. The Morgan fingerprint density at radius 1 is 0.379 bits per heavy atom. The molecule has 0 nitrogen and oxygen atoms in total. The van der Waals surface area contributed by atoms with Gasteiger partial charge in [-0.05, 0) is 48.5 Å². The first-order chi connectivity index (χ1) is 14.2. The zero-order valence-electron chi connectivity index (χ0n) is 15.4. The van der Waals surface area contributed by atoms with Gasteiger partial charge in [0.15, 0.2) is 0 Å². The van der Waals surface area contributed by atoms with Crippen LogP contribution in [0.2, 0.25) is 0 Å². The van der Waals surface area contributed by atoms with Crippen LogP contribution in [-0.4, -0.2) is 0 Å². The third-order valence-electron chi connectivity index (χ3n) is 4.57. The number of hydrogen-bond donors (Lipinski definition) is 0. The van der Waals surface area contributed by atoms with E-state index in [9.17, 15) is 0 Å². The van der Waals surface area contributed by atoms with Gasteiger partial charge in [-0.25, -0.2) is 0 Å². The van der Waals surface area contributed by atoms with Gasteiger partial charge < -0.3 is 0 Å². The molecule has 0 bridgehead atoms. The summed E-state index contributed by atoms with van der Waals surface area (Å²) in [4.78, 5) is 0. The third kappa shape index (κ3) is 5.44. The summed E-state index contributed by atoms with van der Waals surface area (Å²) < 4.78 is 0. The Hall–Kier alpha value is -1.30. The van der Waals surface area contributed by atoms with E-state index in [-0.39, 0.29) is 0 Å². The second-order valence-electron chi connectivity index (χ2n) is 6.14. The van der Waals surface area contributed by atoms with E-state index in [1.165, 1.54) is 21.2 Å². The Labute approximate surface area is 190 Å². The monoisotopic (exact) mass is 507 g/mol. The van der Waals surface area contributed by atoms with Crippen molar-refractivity contribution in [3.05, 3.63) is 121 Å². The molecule has 153 valence electrons. The molecule has 0 aliphatic carbocycles. The zero-order chi connectivity index (χ0) is 20.5.